The highest BCUT2D eigenvalue weighted by Crippen LogP contribution is 2.28. The molecule has 0 bridgehead atoms. The summed E-state index contributed by atoms with van der Waals surface area (Å²) in [6.45, 7) is 1.91. The molecule has 0 spiro atoms. The number of halogens is 1. The van der Waals surface area contributed by atoms with Crippen molar-refractivity contribution in [3.05, 3.63) is 59.0 Å². The number of anilines is 1. The Bertz CT molecular complexity index is 858. The molecule has 0 fully saturated rings. The number of benzene rings is 1. The van der Waals surface area contributed by atoms with Gasteiger partial charge in [-0.25, -0.2) is 4.98 Å². The summed E-state index contributed by atoms with van der Waals surface area (Å²) >= 11 is 5.96. The van der Waals surface area contributed by atoms with E-state index in [2.05, 4.69) is 10.3 Å². The summed E-state index contributed by atoms with van der Waals surface area (Å²) in [6, 6.07) is 8.60. The van der Waals surface area contributed by atoms with E-state index >= 15 is 0 Å². The number of hydrogen-bond donors (Lipinski definition) is 1. The summed E-state index contributed by atoms with van der Waals surface area (Å²) in [7, 11) is 1.54. The third-order valence-corrected chi connectivity index (χ3v) is 3.48. The SMILES string of the molecule is COc1ccc(Cl)cc1NC(=O)c1ccc2nc(C)cn2c1. The molecule has 5 nitrogen and oxygen atoms in total. The van der Waals surface area contributed by atoms with Crippen molar-refractivity contribution in [3.63, 3.8) is 0 Å². The molecule has 1 amide bonds. The second kappa shape index (κ2) is 5.69. The van der Waals surface area contributed by atoms with Crippen LogP contribution in [0.4, 0.5) is 5.69 Å². The Morgan fingerprint density at radius 3 is 2.86 bits per heavy atom. The lowest BCUT2D eigenvalue weighted by molar-refractivity contribution is 0.102. The standard InChI is InChI=1S/C16H14ClN3O2/c1-10-8-20-9-11(3-6-15(20)18-10)16(21)19-13-7-12(17)4-5-14(13)22-2/h3-9H,1-2H3,(H,19,21). The average molecular weight is 316 g/mol. The lowest BCUT2D eigenvalue weighted by atomic mass is 10.2. The first-order valence-corrected chi connectivity index (χ1v) is 7.05. The van der Waals surface area contributed by atoms with Crippen LogP contribution in [0.15, 0.2) is 42.7 Å². The number of carbonyl (C=O) groups is 1. The summed E-state index contributed by atoms with van der Waals surface area (Å²) in [6.07, 6.45) is 3.60. The molecule has 1 N–H and O–H groups in total. The number of hydrogen-bond acceptors (Lipinski definition) is 3. The predicted molar refractivity (Wildman–Crippen MR) is 85.9 cm³/mol. The number of rotatable bonds is 3. The third kappa shape index (κ3) is 2.76. The molecule has 1 aromatic carbocycles. The summed E-state index contributed by atoms with van der Waals surface area (Å²) in [4.78, 5) is 16.7. The fourth-order valence-corrected chi connectivity index (χ4v) is 2.40. The Morgan fingerprint density at radius 2 is 2.09 bits per heavy atom. The van der Waals surface area contributed by atoms with Crippen LogP contribution >= 0.6 is 11.6 Å². The lowest BCUT2D eigenvalue weighted by Crippen LogP contribution is -2.13. The number of carbonyl (C=O) groups excluding carboxylic acids is 1. The van der Waals surface area contributed by atoms with Gasteiger partial charge in [0.1, 0.15) is 11.4 Å². The zero-order valence-electron chi connectivity index (χ0n) is 12.1. The van der Waals surface area contributed by atoms with E-state index < -0.39 is 0 Å². The van der Waals surface area contributed by atoms with Gasteiger partial charge in [-0.2, -0.15) is 0 Å². The Hall–Kier alpha value is -2.53. The maximum atomic E-state index is 12.4. The van der Waals surface area contributed by atoms with Crippen molar-refractivity contribution in [1.82, 2.24) is 9.38 Å². The maximum absolute atomic E-state index is 12.4. The number of aryl methyl sites for hydroxylation is 1. The number of ether oxygens (including phenoxy) is 1. The Kier molecular flexibility index (Phi) is 3.73. The number of nitrogens with one attached hydrogen (secondary N) is 1. The molecule has 3 aromatic rings. The number of amides is 1. The van der Waals surface area contributed by atoms with Crippen LogP contribution in [-0.4, -0.2) is 22.4 Å². The third-order valence-electron chi connectivity index (χ3n) is 3.24. The van der Waals surface area contributed by atoms with E-state index in [1.54, 1.807) is 43.6 Å². The molecule has 0 aliphatic rings. The molecule has 2 aromatic heterocycles. The molecule has 0 unspecified atom stereocenters. The molecule has 0 aliphatic heterocycles. The second-order valence-corrected chi connectivity index (χ2v) is 5.30. The van der Waals surface area contributed by atoms with Gasteiger partial charge in [-0.1, -0.05) is 11.6 Å². The number of aromatic nitrogens is 2. The van der Waals surface area contributed by atoms with Crippen molar-refractivity contribution >= 4 is 28.8 Å². The van der Waals surface area contributed by atoms with Gasteiger partial charge in [0.25, 0.3) is 5.91 Å². The Morgan fingerprint density at radius 1 is 1.27 bits per heavy atom. The van der Waals surface area contributed by atoms with Crippen molar-refractivity contribution < 1.29 is 9.53 Å². The van der Waals surface area contributed by atoms with Gasteiger partial charge in [0.2, 0.25) is 0 Å². The first-order valence-electron chi connectivity index (χ1n) is 6.67. The monoisotopic (exact) mass is 315 g/mol. The first kappa shape index (κ1) is 14.4. The topological polar surface area (TPSA) is 55.6 Å². The highest BCUT2D eigenvalue weighted by atomic mass is 35.5. The van der Waals surface area contributed by atoms with Crippen molar-refractivity contribution in [2.75, 3.05) is 12.4 Å². The van der Waals surface area contributed by atoms with Crippen LogP contribution in [0.25, 0.3) is 5.65 Å². The van der Waals surface area contributed by atoms with Crippen LogP contribution in [0, 0.1) is 6.92 Å². The van der Waals surface area contributed by atoms with Crippen molar-refractivity contribution in [3.8, 4) is 5.75 Å². The van der Waals surface area contributed by atoms with E-state index in [-0.39, 0.29) is 5.91 Å². The van der Waals surface area contributed by atoms with Crippen LogP contribution in [-0.2, 0) is 0 Å². The Labute approximate surface area is 132 Å². The zero-order valence-corrected chi connectivity index (χ0v) is 12.9. The maximum Gasteiger partial charge on any atom is 0.257 e. The van der Waals surface area contributed by atoms with Crippen molar-refractivity contribution in [2.24, 2.45) is 0 Å². The molecular formula is C16H14ClN3O2. The number of methoxy groups -OCH3 is 1. The van der Waals surface area contributed by atoms with E-state index in [1.807, 2.05) is 17.5 Å². The molecule has 22 heavy (non-hydrogen) atoms. The minimum absolute atomic E-state index is 0.242. The minimum atomic E-state index is -0.242. The van der Waals surface area contributed by atoms with Crippen LogP contribution in [0.1, 0.15) is 16.1 Å². The largest absolute Gasteiger partial charge is 0.495 e. The quantitative estimate of drug-likeness (QED) is 0.804. The van der Waals surface area contributed by atoms with Gasteiger partial charge in [-0.3, -0.25) is 4.79 Å². The normalized spacial score (nSPS) is 10.7. The summed E-state index contributed by atoms with van der Waals surface area (Å²) < 4.78 is 7.04. The summed E-state index contributed by atoms with van der Waals surface area (Å²) in [5.74, 6) is 0.311. The number of nitrogens with zero attached hydrogens (tertiary/aromatic N) is 2. The van der Waals surface area contributed by atoms with E-state index in [0.29, 0.717) is 22.0 Å². The molecule has 0 saturated carbocycles. The van der Waals surface area contributed by atoms with Gasteiger partial charge in [-0.15, -0.1) is 0 Å². The van der Waals surface area contributed by atoms with Crippen LogP contribution in [0.2, 0.25) is 5.02 Å². The fourth-order valence-electron chi connectivity index (χ4n) is 2.23. The van der Waals surface area contributed by atoms with E-state index in [0.717, 1.165) is 11.3 Å². The van der Waals surface area contributed by atoms with Gasteiger partial charge in [0.05, 0.1) is 24.1 Å². The number of imidazole rings is 1. The molecule has 0 aliphatic carbocycles. The molecule has 0 radical (unpaired) electrons. The van der Waals surface area contributed by atoms with Gasteiger partial charge < -0.3 is 14.5 Å². The molecule has 0 atom stereocenters. The minimum Gasteiger partial charge on any atom is -0.495 e. The molecule has 3 rings (SSSR count). The highest BCUT2D eigenvalue weighted by Gasteiger charge is 2.11. The summed E-state index contributed by atoms with van der Waals surface area (Å²) in [5, 5.41) is 3.33. The van der Waals surface area contributed by atoms with Crippen LogP contribution in [0.5, 0.6) is 5.75 Å². The second-order valence-electron chi connectivity index (χ2n) is 4.86. The van der Waals surface area contributed by atoms with E-state index in [9.17, 15) is 4.79 Å². The van der Waals surface area contributed by atoms with E-state index in [4.69, 9.17) is 16.3 Å². The van der Waals surface area contributed by atoms with Gasteiger partial charge in [-0.05, 0) is 37.3 Å². The van der Waals surface area contributed by atoms with Crippen LogP contribution in [0.3, 0.4) is 0 Å². The van der Waals surface area contributed by atoms with Gasteiger partial charge in [0, 0.05) is 17.4 Å². The fraction of sp³-hybridized carbons (Fsp3) is 0.125. The first-order chi connectivity index (χ1) is 10.6. The zero-order chi connectivity index (χ0) is 15.7. The average Bonchev–Trinajstić information content (AvgIpc) is 2.86. The number of fused-ring (bicyclic) bond motifs is 1. The number of pyridine rings is 1. The molecule has 2 heterocycles. The predicted octanol–water partition coefficient (Wildman–Crippen LogP) is 3.56. The van der Waals surface area contributed by atoms with Crippen molar-refractivity contribution in [1.29, 1.82) is 0 Å². The molecule has 112 valence electrons. The van der Waals surface area contributed by atoms with Gasteiger partial charge in [0.15, 0.2) is 0 Å². The lowest BCUT2D eigenvalue weighted by Gasteiger charge is -2.10. The smallest absolute Gasteiger partial charge is 0.257 e. The Balaban J connectivity index is 1.91. The highest BCUT2D eigenvalue weighted by molar-refractivity contribution is 6.31. The van der Waals surface area contributed by atoms with Gasteiger partial charge >= 0.3 is 0 Å². The molecule has 0 saturated heterocycles. The van der Waals surface area contributed by atoms with Crippen LogP contribution < -0.4 is 10.1 Å². The molecule has 6 heteroatoms. The van der Waals surface area contributed by atoms with E-state index in [1.165, 1.54) is 0 Å². The summed E-state index contributed by atoms with van der Waals surface area (Å²) in [5.41, 5.74) is 2.75. The molecular weight excluding hydrogens is 302 g/mol. The van der Waals surface area contributed by atoms with Crippen molar-refractivity contribution in [2.45, 2.75) is 6.92 Å².